The van der Waals surface area contributed by atoms with Gasteiger partial charge in [-0.15, -0.1) is 10.2 Å². The van der Waals surface area contributed by atoms with E-state index in [2.05, 4.69) is 68.2 Å². The Hall–Kier alpha value is -2.47. The highest BCUT2D eigenvalue weighted by Crippen LogP contribution is 2.27. The minimum atomic E-state index is 0.160. The molecule has 0 unspecified atom stereocenters. The Bertz CT molecular complexity index is 907. The minimum absolute atomic E-state index is 0.160. The Morgan fingerprint density at radius 2 is 1.48 bits per heavy atom. The maximum atomic E-state index is 13.2. The predicted octanol–water partition coefficient (Wildman–Crippen LogP) is 4.15. The smallest absolute Gasteiger partial charge is 0.225 e. The van der Waals surface area contributed by atoms with Crippen LogP contribution in [0.2, 0.25) is 0 Å². The molecular formula is C27H37N5O. The van der Waals surface area contributed by atoms with Crippen LogP contribution in [0.5, 0.6) is 0 Å². The molecule has 1 amide bonds. The number of aryl methyl sites for hydroxylation is 1. The second-order valence-corrected chi connectivity index (χ2v) is 10.1. The van der Waals surface area contributed by atoms with Crippen LogP contribution in [0.25, 0.3) is 11.3 Å². The fraction of sp³-hybridized carbons (Fsp3) is 0.593. The molecule has 0 bridgehead atoms. The zero-order valence-electron chi connectivity index (χ0n) is 20.0. The Morgan fingerprint density at radius 3 is 2.12 bits per heavy atom. The van der Waals surface area contributed by atoms with Gasteiger partial charge in [0.25, 0.3) is 0 Å². The van der Waals surface area contributed by atoms with Crippen LogP contribution in [0.3, 0.4) is 0 Å². The SMILES string of the molecule is Cc1ccc(-c2ccc(N3CCC(C(=O)N4CCC(N5CCCCC5)CC4)CC3)nn2)cc1. The van der Waals surface area contributed by atoms with Crippen LogP contribution in [-0.2, 0) is 4.79 Å². The van der Waals surface area contributed by atoms with Crippen LogP contribution in [0, 0.1) is 12.8 Å². The van der Waals surface area contributed by atoms with Crippen molar-refractivity contribution < 1.29 is 4.79 Å². The highest BCUT2D eigenvalue weighted by Gasteiger charge is 2.32. The Labute approximate surface area is 198 Å². The van der Waals surface area contributed by atoms with Crippen molar-refractivity contribution in [1.29, 1.82) is 0 Å². The molecule has 176 valence electrons. The van der Waals surface area contributed by atoms with Gasteiger partial charge in [-0.1, -0.05) is 36.2 Å². The molecule has 6 heteroatoms. The molecule has 0 spiro atoms. The largest absolute Gasteiger partial charge is 0.355 e. The number of carbonyl (C=O) groups excluding carboxylic acids is 1. The summed E-state index contributed by atoms with van der Waals surface area (Å²) < 4.78 is 0. The molecule has 4 heterocycles. The van der Waals surface area contributed by atoms with Gasteiger partial charge < -0.3 is 14.7 Å². The van der Waals surface area contributed by atoms with E-state index in [4.69, 9.17) is 0 Å². The standard InChI is InChI=1S/C27H37N5O/c1-21-5-7-22(8-6-21)25-9-10-26(29-28-25)31-17-11-23(12-18-31)27(33)32-19-13-24(14-20-32)30-15-3-2-4-16-30/h5-10,23-24H,2-4,11-20H2,1H3. The van der Waals surface area contributed by atoms with Crippen LogP contribution >= 0.6 is 0 Å². The molecule has 0 saturated carbocycles. The Kier molecular flexibility index (Phi) is 6.91. The number of aromatic nitrogens is 2. The van der Waals surface area contributed by atoms with Crippen LogP contribution in [0.1, 0.15) is 50.5 Å². The van der Waals surface area contributed by atoms with Crippen molar-refractivity contribution in [1.82, 2.24) is 20.0 Å². The molecule has 3 aliphatic heterocycles. The van der Waals surface area contributed by atoms with Gasteiger partial charge >= 0.3 is 0 Å². The summed E-state index contributed by atoms with van der Waals surface area (Å²) in [5, 5.41) is 8.95. The number of likely N-dealkylation sites (tertiary alicyclic amines) is 2. The molecular weight excluding hydrogens is 410 g/mol. The minimum Gasteiger partial charge on any atom is -0.355 e. The lowest BCUT2D eigenvalue weighted by Gasteiger charge is -2.41. The third-order valence-corrected chi connectivity index (χ3v) is 7.85. The summed E-state index contributed by atoms with van der Waals surface area (Å²) in [6.07, 6.45) is 8.18. The van der Waals surface area contributed by atoms with Crippen LogP contribution in [0.4, 0.5) is 5.82 Å². The van der Waals surface area contributed by atoms with E-state index in [0.717, 1.165) is 68.9 Å². The number of benzene rings is 1. The van der Waals surface area contributed by atoms with Gasteiger partial charge in [-0.3, -0.25) is 4.79 Å². The van der Waals surface area contributed by atoms with Crippen LogP contribution < -0.4 is 4.90 Å². The van der Waals surface area contributed by atoms with Crippen LogP contribution in [0.15, 0.2) is 36.4 Å². The van der Waals surface area contributed by atoms with Crippen molar-refractivity contribution in [2.45, 2.75) is 57.9 Å². The average Bonchev–Trinajstić information content (AvgIpc) is 2.90. The van der Waals surface area contributed by atoms with Gasteiger partial charge in [0.1, 0.15) is 0 Å². The molecule has 0 N–H and O–H groups in total. The fourth-order valence-corrected chi connectivity index (χ4v) is 5.72. The van der Waals surface area contributed by atoms with Gasteiger partial charge in [0.15, 0.2) is 5.82 Å². The number of piperidine rings is 3. The van der Waals surface area contributed by atoms with Crippen molar-refractivity contribution in [2.24, 2.45) is 5.92 Å². The lowest BCUT2D eigenvalue weighted by Crippen LogP contribution is -2.50. The second-order valence-electron chi connectivity index (χ2n) is 10.1. The highest BCUT2D eigenvalue weighted by atomic mass is 16.2. The highest BCUT2D eigenvalue weighted by molar-refractivity contribution is 5.79. The first kappa shape index (κ1) is 22.3. The van der Waals surface area contributed by atoms with Crippen molar-refractivity contribution >= 4 is 11.7 Å². The van der Waals surface area contributed by atoms with Gasteiger partial charge in [0.05, 0.1) is 5.69 Å². The monoisotopic (exact) mass is 447 g/mol. The maximum Gasteiger partial charge on any atom is 0.225 e. The van der Waals surface area contributed by atoms with E-state index in [0.29, 0.717) is 11.9 Å². The van der Waals surface area contributed by atoms with Gasteiger partial charge in [-0.2, -0.15) is 0 Å². The zero-order chi connectivity index (χ0) is 22.6. The topological polar surface area (TPSA) is 52.6 Å². The fourth-order valence-electron chi connectivity index (χ4n) is 5.72. The van der Waals surface area contributed by atoms with Gasteiger partial charge in [0.2, 0.25) is 5.91 Å². The second kappa shape index (κ2) is 10.2. The van der Waals surface area contributed by atoms with E-state index in [-0.39, 0.29) is 5.92 Å². The first-order valence-corrected chi connectivity index (χ1v) is 12.9. The molecule has 5 rings (SSSR count). The van der Waals surface area contributed by atoms with Crippen molar-refractivity contribution in [3.63, 3.8) is 0 Å². The maximum absolute atomic E-state index is 13.2. The lowest BCUT2D eigenvalue weighted by molar-refractivity contribution is -0.137. The quantitative estimate of drug-likeness (QED) is 0.705. The normalized spacial score (nSPS) is 21.4. The molecule has 0 radical (unpaired) electrons. The average molecular weight is 448 g/mol. The summed E-state index contributed by atoms with van der Waals surface area (Å²) in [4.78, 5) is 20.3. The van der Waals surface area contributed by atoms with Crippen LogP contribution in [-0.4, -0.2) is 71.2 Å². The molecule has 2 aromatic rings. The van der Waals surface area contributed by atoms with Gasteiger partial charge in [0, 0.05) is 43.7 Å². The van der Waals surface area contributed by atoms with Crippen molar-refractivity contribution in [3.8, 4) is 11.3 Å². The zero-order valence-corrected chi connectivity index (χ0v) is 20.0. The number of nitrogens with zero attached hydrogens (tertiary/aromatic N) is 5. The molecule has 0 atom stereocenters. The van der Waals surface area contributed by atoms with Gasteiger partial charge in [-0.05, 0) is 70.7 Å². The van der Waals surface area contributed by atoms with Gasteiger partial charge in [-0.25, -0.2) is 0 Å². The molecule has 1 aromatic carbocycles. The van der Waals surface area contributed by atoms with E-state index in [1.54, 1.807) is 0 Å². The Morgan fingerprint density at radius 1 is 0.788 bits per heavy atom. The summed E-state index contributed by atoms with van der Waals surface area (Å²) in [5.41, 5.74) is 3.23. The summed E-state index contributed by atoms with van der Waals surface area (Å²) in [6, 6.07) is 13.2. The molecule has 33 heavy (non-hydrogen) atoms. The molecule has 1 aromatic heterocycles. The lowest BCUT2D eigenvalue weighted by atomic mass is 9.93. The summed E-state index contributed by atoms with van der Waals surface area (Å²) >= 11 is 0. The van der Waals surface area contributed by atoms with E-state index >= 15 is 0 Å². The number of carbonyl (C=O) groups is 1. The molecule has 3 aliphatic rings. The molecule has 0 aliphatic carbocycles. The summed E-state index contributed by atoms with van der Waals surface area (Å²) in [6.45, 7) is 8.22. The Balaban J connectivity index is 1.10. The molecule has 3 fully saturated rings. The first-order valence-electron chi connectivity index (χ1n) is 12.9. The number of rotatable bonds is 4. The third-order valence-electron chi connectivity index (χ3n) is 7.85. The van der Waals surface area contributed by atoms with Crippen molar-refractivity contribution in [2.75, 3.05) is 44.2 Å². The number of anilines is 1. The first-order chi connectivity index (χ1) is 16.2. The van der Waals surface area contributed by atoms with E-state index in [1.807, 2.05) is 0 Å². The summed E-state index contributed by atoms with van der Waals surface area (Å²) in [5.74, 6) is 1.46. The number of hydrogen-bond acceptors (Lipinski definition) is 5. The predicted molar refractivity (Wildman–Crippen MR) is 132 cm³/mol. The molecule has 6 nitrogen and oxygen atoms in total. The number of hydrogen-bond donors (Lipinski definition) is 0. The van der Waals surface area contributed by atoms with Crippen molar-refractivity contribution in [3.05, 3.63) is 42.0 Å². The van der Waals surface area contributed by atoms with E-state index < -0.39 is 0 Å². The molecule has 3 saturated heterocycles. The van der Waals surface area contributed by atoms with E-state index in [9.17, 15) is 4.79 Å². The van der Waals surface area contributed by atoms with E-state index in [1.165, 1.54) is 37.9 Å². The summed E-state index contributed by atoms with van der Waals surface area (Å²) in [7, 11) is 0. The third kappa shape index (κ3) is 5.21. The number of amides is 1.